The summed E-state index contributed by atoms with van der Waals surface area (Å²) in [4.78, 5) is 10.9. The average Bonchev–Trinajstić information content (AvgIpc) is 2.02. The van der Waals surface area contributed by atoms with Gasteiger partial charge in [-0.25, -0.2) is 0 Å². The molecule has 0 aliphatic carbocycles. The summed E-state index contributed by atoms with van der Waals surface area (Å²) in [6, 6.07) is 0. The first-order valence-electron chi connectivity index (χ1n) is 3.31. The summed E-state index contributed by atoms with van der Waals surface area (Å²) < 4.78 is 50.8. The molecule has 0 fully saturated rings. The minimum Gasteiger partial charge on any atom is -0.297 e. The number of rotatable bonds is 6. The number of Topliss-reactive ketones (excluding diaryl/α,β-unsaturated/α-hetero) is 1. The lowest BCUT2D eigenvalue weighted by Gasteiger charge is -2.01. The molecule has 7 nitrogen and oxygen atoms in total. The Morgan fingerprint density at radius 2 is 1.21 bits per heavy atom. The molecule has 0 heterocycles. The Morgan fingerprint density at radius 3 is 1.43 bits per heavy atom. The fourth-order valence-electron chi connectivity index (χ4n) is 0.554. The van der Waals surface area contributed by atoms with Gasteiger partial charge in [0.25, 0.3) is 20.2 Å². The highest BCUT2D eigenvalue weighted by Crippen LogP contribution is 1.96. The zero-order valence-corrected chi connectivity index (χ0v) is 9.22. The summed E-state index contributed by atoms with van der Waals surface area (Å²) in [5.74, 6) is -2.97. The molecular weight excluding hydrogens is 236 g/mol. The predicted molar refractivity (Wildman–Crippen MR) is 46.6 cm³/mol. The highest BCUT2D eigenvalue weighted by Gasteiger charge is 2.21. The topological polar surface area (TPSA) is 104 Å². The molecule has 0 bridgehead atoms. The van der Waals surface area contributed by atoms with Crippen LogP contribution >= 0.6 is 0 Å². The molecule has 14 heavy (non-hydrogen) atoms. The molecule has 0 amide bonds. The molecule has 0 aromatic heterocycles. The van der Waals surface area contributed by atoms with Crippen LogP contribution in [0, 0.1) is 0 Å². The van der Waals surface area contributed by atoms with Gasteiger partial charge in [0.1, 0.15) is 11.5 Å². The first kappa shape index (κ1) is 13.5. The highest BCUT2D eigenvalue weighted by atomic mass is 32.2. The van der Waals surface area contributed by atoms with Crippen LogP contribution in [0.3, 0.4) is 0 Å². The SMILES string of the molecule is COS(=O)(=O)CC(=O)CS(=O)(=O)OC. The maximum absolute atomic E-state index is 10.9. The van der Waals surface area contributed by atoms with Gasteiger partial charge < -0.3 is 0 Å². The number of carbonyl (C=O) groups is 1. The third-order valence-electron chi connectivity index (χ3n) is 1.18. The van der Waals surface area contributed by atoms with Crippen molar-refractivity contribution >= 4 is 26.0 Å². The lowest BCUT2D eigenvalue weighted by Crippen LogP contribution is -2.24. The summed E-state index contributed by atoms with van der Waals surface area (Å²) >= 11 is 0. The predicted octanol–water partition coefficient (Wildman–Crippen LogP) is -1.49. The van der Waals surface area contributed by atoms with E-state index in [9.17, 15) is 21.6 Å². The van der Waals surface area contributed by atoms with Crippen LogP contribution in [0.2, 0.25) is 0 Å². The summed E-state index contributed by atoms with van der Waals surface area (Å²) in [6.07, 6.45) is 0. The van der Waals surface area contributed by atoms with E-state index < -0.39 is 37.5 Å². The number of ketones is 1. The largest absolute Gasteiger partial charge is 0.297 e. The molecule has 9 heteroatoms. The first-order chi connectivity index (χ1) is 6.22. The van der Waals surface area contributed by atoms with E-state index in [1.54, 1.807) is 0 Å². The van der Waals surface area contributed by atoms with E-state index in [4.69, 9.17) is 0 Å². The summed E-state index contributed by atoms with van der Waals surface area (Å²) in [6.45, 7) is 0. The normalized spacial score (nSPS) is 12.7. The third-order valence-corrected chi connectivity index (χ3v) is 3.55. The molecule has 84 valence electrons. The molecule has 0 saturated heterocycles. The Kier molecular flexibility index (Phi) is 4.65. The van der Waals surface area contributed by atoms with E-state index in [1.165, 1.54) is 0 Å². The number of hydrogen-bond donors (Lipinski definition) is 0. The lowest BCUT2D eigenvalue weighted by molar-refractivity contribution is -0.114. The van der Waals surface area contributed by atoms with Crippen LogP contribution in [0.5, 0.6) is 0 Å². The first-order valence-corrected chi connectivity index (χ1v) is 6.46. The van der Waals surface area contributed by atoms with Gasteiger partial charge in [-0.3, -0.25) is 13.2 Å². The van der Waals surface area contributed by atoms with Gasteiger partial charge in [0.05, 0.1) is 14.2 Å². The standard InChI is InChI=1S/C5H10O7S2/c1-11-13(7,8)3-5(6)4-14(9,10)12-2/h3-4H2,1-2H3. The summed E-state index contributed by atoms with van der Waals surface area (Å²) in [5, 5.41) is 0. The van der Waals surface area contributed by atoms with Gasteiger partial charge in [0, 0.05) is 0 Å². The summed E-state index contributed by atoms with van der Waals surface area (Å²) in [7, 11) is -6.17. The van der Waals surface area contributed by atoms with Crippen LogP contribution in [0.15, 0.2) is 0 Å². The van der Waals surface area contributed by atoms with Crippen molar-refractivity contribution in [2.24, 2.45) is 0 Å². The van der Waals surface area contributed by atoms with Crippen LogP contribution in [-0.2, 0) is 33.4 Å². The van der Waals surface area contributed by atoms with Crippen molar-refractivity contribution in [2.75, 3.05) is 25.7 Å². The minimum absolute atomic E-state index is 0.882. The van der Waals surface area contributed by atoms with Crippen molar-refractivity contribution in [3.63, 3.8) is 0 Å². The van der Waals surface area contributed by atoms with Crippen molar-refractivity contribution in [3.8, 4) is 0 Å². The van der Waals surface area contributed by atoms with Crippen molar-refractivity contribution < 1.29 is 30.0 Å². The van der Waals surface area contributed by atoms with E-state index in [2.05, 4.69) is 8.37 Å². The van der Waals surface area contributed by atoms with Gasteiger partial charge in [0.2, 0.25) is 0 Å². The lowest BCUT2D eigenvalue weighted by atomic mass is 10.5. The van der Waals surface area contributed by atoms with E-state index in [1.807, 2.05) is 0 Å². The van der Waals surface area contributed by atoms with Crippen molar-refractivity contribution in [1.82, 2.24) is 0 Å². The van der Waals surface area contributed by atoms with Crippen LogP contribution < -0.4 is 0 Å². The maximum atomic E-state index is 10.9. The molecule has 0 unspecified atom stereocenters. The van der Waals surface area contributed by atoms with Crippen molar-refractivity contribution in [1.29, 1.82) is 0 Å². The molecule has 0 aromatic carbocycles. The van der Waals surface area contributed by atoms with Crippen molar-refractivity contribution in [2.45, 2.75) is 0 Å². The maximum Gasteiger partial charge on any atom is 0.274 e. The third kappa shape index (κ3) is 5.27. The molecule has 0 aliphatic heterocycles. The van der Waals surface area contributed by atoms with E-state index in [-0.39, 0.29) is 0 Å². The highest BCUT2D eigenvalue weighted by molar-refractivity contribution is 7.89. The Bertz CT molecular complexity index is 352. The number of hydrogen-bond acceptors (Lipinski definition) is 7. The second kappa shape index (κ2) is 4.82. The molecule has 0 aromatic rings. The molecular formula is C5H10O7S2. The van der Waals surface area contributed by atoms with Crippen molar-refractivity contribution in [3.05, 3.63) is 0 Å². The summed E-state index contributed by atoms with van der Waals surface area (Å²) in [5.41, 5.74) is 0. The van der Waals surface area contributed by atoms with Gasteiger partial charge in [-0.05, 0) is 0 Å². The quantitative estimate of drug-likeness (QED) is 0.526. The van der Waals surface area contributed by atoms with E-state index in [0.29, 0.717) is 0 Å². The van der Waals surface area contributed by atoms with E-state index in [0.717, 1.165) is 14.2 Å². The average molecular weight is 246 g/mol. The molecule has 0 saturated carbocycles. The van der Waals surface area contributed by atoms with Crippen LogP contribution in [0.25, 0.3) is 0 Å². The Labute approximate surface area is 82.3 Å². The minimum atomic E-state index is -3.97. The fourth-order valence-corrected chi connectivity index (χ4v) is 1.91. The molecule has 0 radical (unpaired) electrons. The Balaban J connectivity index is 4.42. The van der Waals surface area contributed by atoms with Gasteiger partial charge in [-0.2, -0.15) is 16.8 Å². The van der Waals surface area contributed by atoms with Gasteiger partial charge in [0.15, 0.2) is 5.78 Å². The Morgan fingerprint density at radius 1 is 0.929 bits per heavy atom. The van der Waals surface area contributed by atoms with Crippen LogP contribution in [-0.4, -0.2) is 48.3 Å². The second-order valence-electron chi connectivity index (χ2n) is 2.28. The zero-order valence-electron chi connectivity index (χ0n) is 7.59. The fraction of sp³-hybridized carbons (Fsp3) is 0.800. The molecule has 0 rings (SSSR count). The van der Waals surface area contributed by atoms with Gasteiger partial charge in [-0.1, -0.05) is 0 Å². The monoisotopic (exact) mass is 246 g/mol. The van der Waals surface area contributed by atoms with Gasteiger partial charge >= 0.3 is 0 Å². The van der Waals surface area contributed by atoms with E-state index >= 15 is 0 Å². The smallest absolute Gasteiger partial charge is 0.274 e. The molecule has 0 N–H and O–H groups in total. The molecule has 0 atom stereocenters. The van der Waals surface area contributed by atoms with Crippen LogP contribution in [0.4, 0.5) is 0 Å². The zero-order chi connectivity index (χ0) is 11.4. The van der Waals surface area contributed by atoms with Crippen LogP contribution in [0.1, 0.15) is 0 Å². The molecule has 0 aliphatic rings. The number of carbonyl (C=O) groups excluding carboxylic acids is 1. The molecule has 0 spiro atoms. The van der Waals surface area contributed by atoms with Gasteiger partial charge in [-0.15, -0.1) is 0 Å². The Hall–Kier alpha value is -0.510. The second-order valence-corrected chi connectivity index (χ2v) is 5.75.